The molecule has 1 N–H and O–H groups in total. The maximum absolute atomic E-state index is 11.8. The van der Waals surface area contributed by atoms with Crippen LogP contribution in [0, 0.1) is 11.3 Å². The Labute approximate surface area is 113 Å². The lowest BCUT2D eigenvalue weighted by atomic mass is 10.0. The number of carbonyl (C=O) groups excluding carboxylic acids is 1. The fourth-order valence-corrected chi connectivity index (χ4v) is 1.78. The molecular weight excluding hydrogens is 236 g/mol. The molecular formula is C16H18N2O. The number of nitrogens with one attached hydrogen (secondary N) is 1. The summed E-state index contributed by atoms with van der Waals surface area (Å²) in [6.45, 7) is 4.27. The van der Waals surface area contributed by atoms with Gasteiger partial charge in [-0.25, -0.2) is 0 Å². The third-order valence-corrected chi connectivity index (χ3v) is 3.19. The summed E-state index contributed by atoms with van der Waals surface area (Å²) >= 11 is 0. The van der Waals surface area contributed by atoms with Crippen LogP contribution in [0.25, 0.3) is 6.08 Å². The molecule has 0 aliphatic heterocycles. The lowest BCUT2D eigenvalue weighted by Crippen LogP contribution is -2.26. The first-order valence-electron chi connectivity index (χ1n) is 6.62. The zero-order chi connectivity index (χ0) is 13.8. The lowest BCUT2D eigenvalue weighted by molar-refractivity contribution is -0.117. The Bertz CT molecular complexity index is 531. The van der Waals surface area contributed by atoms with Crippen molar-refractivity contribution in [1.29, 1.82) is 5.26 Å². The second kappa shape index (κ2) is 5.71. The Morgan fingerprint density at radius 1 is 1.37 bits per heavy atom. The van der Waals surface area contributed by atoms with Crippen LogP contribution in [0.1, 0.15) is 43.7 Å². The maximum atomic E-state index is 11.8. The van der Waals surface area contributed by atoms with E-state index in [9.17, 15) is 4.79 Å². The summed E-state index contributed by atoms with van der Waals surface area (Å²) in [4.78, 5) is 11.8. The van der Waals surface area contributed by atoms with Gasteiger partial charge in [-0.05, 0) is 36.0 Å². The molecule has 3 heteroatoms. The van der Waals surface area contributed by atoms with Gasteiger partial charge >= 0.3 is 0 Å². The van der Waals surface area contributed by atoms with Crippen LogP contribution >= 0.6 is 0 Å². The van der Waals surface area contributed by atoms with Gasteiger partial charge in [0.2, 0.25) is 0 Å². The van der Waals surface area contributed by atoms with Gasteiger partial charge in [0.15, 0.2) is 0 Å². The molecule has 0 bridgehead atoms. The SMILES string of the molecule is CC(C)c1ccc(/C=C(\C#N)C(=O)NC2CC2)cc1. The summed E-state index contributed by atoms with van der Waals surface area (Å²) in [7, 11) is 0. The maximum Gasteiger partial charge on any atom is 0.262 e. The highest BCUT2D eigenvalue weighted by Crippen LogP contribution is 2.20. The van der Waals surface area contributed by atoms with Gasteiger partial charge in [0, 0.05) is 6.04 Å². The van der Waals surface area contributed by atoms with Gasteiger partial charge < -0.3 is 5.32 Å². The van der Waals surface area contributed by atoms with E-state index in [-0.39, 0.29) is 17.5 Å². The fraction of sp³-hybridized carbons (Fsp3) is 0.375. The number of amides is 1. The van der Waals surface area contributed by atoms with Gasteiger partial charge in [0.1, 0.15) is 11.6 Å². The molecule has 0 atom stereocenters. The molecule has 1 saturated carbocycles. The average Bonchev–Trinajstić information content (AvgIpc) is 3.20. The van der Waals surface area contributed by atoms with E-state index in [0.717, 1.165) is 18.4 Å². The molecule has 0 aromatic heterocycles. The summed E-state index contributed by atoms with van der Waals surface area (Å²) in [5.74, 6) is 0.213. The first-order valence-corrected chi connectivity index (χ1v) is 6.62. The molecule has 0 spiro atoms. The Morgan fingerprint density at radius 3 is 2.47 bits per heavy atom. The smallest absolute Gasteiger partial charge is 0.262 e. The molecule has 1 aliphatic rings. The predicted octanol–water partition coefficient (Wildman–Crippen LogP) is 3.00. The molecule has 1 amide bonds. The molecule has 0 radical (unpaired) electrons. The van der Waals surface area contributed by atoms with Gasteiger partial charge in [0.25, 0.3) is 5.91 Å². The van der Waals surface area contributed by atoms with Crippen molar-refractivity contribution in [1.82, 2.24) is 5.32 Å². The van der Waals surface area contributed by atoms with E-state index in [4.69, 9.17) is 5.26 Å². The molecule has 19 heavy (non-hydrogen) atoms. The van der Waals surface area contributed by atoms with Crippen LogP contribution in [0.2, 0.25) is 0 Å². The van der Waals surface area contributed by atoms with Crippen molar-refractivity contribution in [2.75, 3.05) is 0 Å². The number of benzene rings is 1. The highest BCUT2D eigenvalue weighted by atomic mass is 16.1. The van der Waals surface area contributed by atoms with E-state index in [1.54, 1.807) is 6.08 Å². The minimum atomic E-state index is -0.266. The first kappa shape index (κ1) is 13.4. The third-order valence-electron chi connectivity index (χ3n) is 3.19. The molecule has 1 aromatic rings. The standard InChI is InChI=1S/C16H18N2O/c1-11(2)13-5-3-12(4-6-13)9-14(10-17)16(19)18-15-7-8-15/h3-6,9,11,15H,7-8H2,1-2H3,(H,18,19)/b14-9+. The van der Waals surface area contributed by atoms with Crippen LogP contribution in [0.3, 0.4) is 0 Å². The zero-order valence-corrected chi connectivity index (χ0v) is 11.3. The number of hydrogen-bond donors (Lipinski definition) is 1. The number of rotatable bonds is 4. The van der Waals surface area contributed by atoms with E-state index < -0.39 is 0 Å². The lowest BCUT2D eigenvalue weighted by Gasteiger charge is -2.05. The van der Waals surface area contributed by atoms with Gasteiger partial charge in [0.05, 0.1) is 0 Å². The molecule has 1 aromatic carbocycles. The van der Waals surface area contributed by atoms with Crippen molar-refractivity contribution in [3.63, 3.8) is 0 Å². The van der Waals surface area contributed by atoms with E-state index >= 15 is 0 Å². The van der Waals surface area contributed by atoms with Crippen molar-refractivity contribution in [3.05, 3.63) is 41.0 Å². The van der Waals surface area contributed by atoms with Crippen LogP contribution in [0.15, 0.2) is 29.8 Å². The molecule has 1 aliphatic carbocycles. The van der Waals surface area contributed by atoms with E-state index in [2.05, 4.69) is 19.2 Å². The number of hydrogen-bond acceptors (Lipinski definition) is 2. The van der Waals surface area contributed by atoms with E-state index in [1.807, 2.05) is 30.3 Å². The van der Waals surface area contributed by atoms with Crippen LogP contribution in [0.5, 0.6) is 0 Å². The first-order chi connectivity index (χ1) is 9.10. The summed E-state index contributed by atoms with van der Waals surface area (Å²) in [5.41, 5.74) is 2.30. The van der Waals surface area contributed by atoms with Gasteiger partial charge in [-0.3, -0.25) is 4.79 Å². The van der Waals surface area contributed by atoms with E-state index in [0.29, 0.717) is 5.92 Å². The van der Waals surface area contributed by atoms with Crippen molar-refractivity contribution in [3.8, 4) is 6.07 Å². The third kappa shape index (κ3) is 3.69. The highest BCUT2D eigenvalue weighted by Gasteiger charge is 2.24. The van der Waals surface area contributed by atoms with Crippen molar-refractivity contribution < 1.29 is 4.79 Å². The van der Waals surface area contributed by atoms with Gasteiger partial charge in [-0.15, -0.1) is 0 Å². The molecule has 0 saturated heterocycles. The largest absolute Gasteiger partial charge is 0.349 e. The van der Waals surface area contributed by atoms with Gasteiger partial charge in [-0.1, -0.05) is 38.1 Å². The molecule has 0 unspecified atom stereocenters. The molecule has 3 nitrogen and oxygen atoms in total. The van der Waals surface area contributed by atoms with E-state index in [1.165, 1.54) is 5.56 Å². The number of carbonyl (C=O) groups is 1. The zero-order valence-electron chi connectivity index (χ0n) is 11.3. The van der Waals surface area contributed by atoms with Crippen molar-refractivity contribution >= 4 is 12.0 Å². The second-order valence-electron chi connectivity index (χ2n) is 5.24. The van der Waals surface area contributed by atoms with Crippen LogP contribution in [-0.2, 0) is 4.79 Å². The number of nitrogens with zero attached hydrogens (tertiary/aromatic N) is 1. The van der Waals surface area contributed by atoms with Gasteiger partial charge in [-0.2, -0.15) is 5.26 Å². The summed E-state index contributed by atoms with van der Waals surface area (Å²) < 4.78 is 0. The van der Waals surface area contributed by atoms with Crippen LogP contribution in [0.4, 0.5) is 0 Å². The summed E-state index contributed by atoms with van der Waals surface area (Å²) in [6, 6.07) is 10.2. The average molecular weight is 254 g/mol. The Hall–Kier alpha value is -2.08. The minimum Gasteiger partial charge on any atom is -0.349 e. The van der Waals surface area contributed by atoms with Crippen molar-refractivity contribution in [2.45, 2.75) is 38.6 Å². The monoisotopic (exact) mass is 254 g/mol. The topological polar surface area (TPSA) is 52.9 Å². The highest BCUT2D eigenvalue weighted by molar-refractivity contribution is 6.01. The van der Waals surface area contributed by atoms with Crippen molar-refractivity contribution in [2.24, 2.45) is 0 Å². The molecule has 1 fully saturated rings. The van der Waals surface area contributed by atoms with Crippen LogP contribution < -0.4 is 5.32 Å². The quantitative estimate of drug-likeness (QED) is 0.663. The Balaban J connectivity index is 2.12. The second-order valence-corrected chi connectivity index (χ2v) is 5.24. The normalized spacial score (nSPS) is 15.2. The summed E-state index contributed by atoms with van der Waals surface area (Å²) in [5, 5.41) is 11.9. The Kier molecular flexibility index (Phi) is 4.01. The molecule has 98 valence electrons. The minimum absolute atomic E-state index is 0.171. The molecule has 0 heterocycles. The summed E-state index contributed by atoms with van der Waals surface area (Å²) in [6.07, 6.45) is 3.68. The fourth-order valence-electron chi connectivity index (χ4n) is 1.78. The Morgan fingerprint density at radius 2 is 2.00 bits per heavy atom. The number of nitriles is 1. The predicted molar refractivity (Wildman–Crippen MR) is 75.3 cm³/mol. The van der Waals surface area contributed by atoms with Crippen LogP contribution in [-0.4, -0.2) is 11.9 Å². The molecule has 2 rings (SSSR count).